The third-order valence-electron chi connectivity index (χ3n) is 4.85. The van der Waals surface area contributed by atoms with Crippen molar-refractivity contribution in [3.8, 4) is 5.69 Å². The second kappa shape index (κ2) is 7.23. The highest BCUT2D eigenvalue weighted by Crippen LogP contribution is 2.25. The lowest BCUT2D eigenvalue weighted by Gasteiger charge is -2.20. The number of benzene rings is 2. The van der Waals surface area contributed by atoms with Crippen molar-refractivity contribution in [2.75, 3.05) is 5.32 Å². The maximum atomic E-state index is 13.5. The molecule has 8 nitrogen and oxygen atoms in total. The number of nitrogens with zero attached hydrogens (tertiary/aromatic N) is 5. The fourth-order valence-corrected chi connectivity index (χ4v) is 3.72. The summed E-state index contributed by atoms with van der Waals surface area (Å²) in [5, 5.41) is 4.08. The van der Waals surface area contributed by atoms with Crippen molar-refractivity contribution >= 4 is 39.5 Å². The van der Waals surface area contributed by atoms with Crippen LogP contribution in [0.4, 0.5) is 5.82 Å². The van der Waals surface area contributed by atoms with Crippen LogP contribution in [-0.4, -0.2) is 29.5 Å². The summed E-state index contributed by atoms with van der Waals surface area (Å²) in [6.45, 7) is 1.92. The van der Waals surface area contributed by atoms with Gasteiger partial charge in [0.2, 0.25) is 0 Å². The lowest BCUT2D eigenvalue weighted by molar-refractivity contribution is 0.732. The van der Waals surface area contributed by atoms with E-state index >= 15 is 0 Å². The van der Waals surface area contributed by atoms with Crippen molar-refractivity contribution in [2.45, 2.75) is 13.0 Å². The molecule has 0 radical (unpaired) electrons. The molecule has 1 unspecified atom stereocenters. The normalized spacial score (nSPS) is 12.3. The lowest BCUT2D eigenvalue weighted by Crippen LogP contribution is -2.27. The molecule has 2 N–H and O–H groups in total. The Labute approximate surface area is 175 Å². The summed E-state index contributed by atoms with van der Waals surface area (Å²) in [4.78, 5) is 33.9. The topological polar surface area (TPSA) is 101 Å². The van der Waals surface area contributed by atoms with Gasteiger partial charge in [0.25, 0.3) is 5.56 Å². The maximum Gasteiger partial charge on any atom is 0.267 e. The van der Waals surface area contributed by atoms with Crippen molar-refractivity contribution in [1.29, 1.82) is 0 Å². The molecule has 0 aliphatic carbocycles. The minimum atomic E-state index is -0.359. The van der Waals surface area contributed by atoms with Crippen LogP contribution in [0, 0.1) is 0 Å². The van der Waals surface area contributed by atoms with E-state index in [1.54, 1.807) is 29.1 Å². The lowest BCUT2D eigenvalue weighted by atomic mass is 10.2. The minimum Gasteiger partial charge on any atom is -0.358 e. The molecule has 148 valence electrons. The van der Waals surface area contributed by atoms with Gasteiger partial charge in [-0.1, -0.05) is 35.9 Å². The molecule has 2 aromatic carbocycles. The van der Waals surface area contributed by atoms with Crippen molar-refractivity contribution in [3.05, 3.63) is 82.4 Å². The molecule has 3 heterocycles. The van der Waals surface area contributed by atoms with Gasteiger partial charge < -0.3 is 10.3 Å². The van der Waals surface area contributed by atoms with Crippen LogP contribution in [0.5, 0.6) is 0 Å². The van der Waals surface area contributed by atoms with Gasteiger partial charge in [-0.3, -0.25) is 9.36 Å². The number of hydrogen-bond acceptors (Lipinski definition) is 6. The molecule has 1 atom stereocenters. The van der Waals surface area contributed by atoms with E-state index in [-0.39, 0.29) is 11.6 Å². The van der Waals surface area contributed by atoms with E-state index in [1.807, 2.05) is 37.3 Å². The highest BCUT2D eigenvalue weighted by Gasteiger charge is 2.20. The predicted octanol–water partition coefficient (Wildman–Crippen LogP) is 3.88. The quantitative estimate of drug-likeness (QED) is 0.460. The molecular weight excluding hydrogens is 402 g/mol. The fraction of sp³-hybridized carbons (Fsp3) is 0.0952. The van der Waals surface area contributed by atoms with E-state index in [1.165, 1.54) is 6.33 Å². The van der Waals surface area contributed by atoms with E-state index in [9.17, 15) is 4.79 Å². The molecule has 0 fully saturated rings. The monoisotopic (exact) mass is 417 g/mol. The molecular formula is C21H16ClN7O. The molecule has 0 bridgehead atoms. The average Bonchev–Trinajstić information content (AvgIpc) is 3.24. The first kappa shape index (κ1) is 18.3. The minimum absolute atomic E-state index is 0.227. The number of halogens is 1. The Hall–Kier alpha value is -3.78. The number of anilines is 1. The van der Waals surface area contributed by atoms with Crippen LogP contribution in [0.25, 0.3) is 27.8 Å². The second-order valence-corrected chi connectivity index (χ2v) is 7.18. The van der Waals surface area contributed by atoms with Gasteiger partial charge in [0, 0.05) is 0 Å². The number of rotatable bonds is 4. The predicted molar refractivity (Wildman–Crippen MR) is 116 cm³/mol. The van der Waals surface area contributed by atoms with Gasteiger partial charge >= 0.3 is 0 Å². The highest BCUT2D eigenvalue weighted by molar-refractivity contribution is 6.35. The molecule has 0 saturated carbocycles. The van der Waals surface area contributed by atoms with Gasteiger partial charge in [-0.25, -0.2) is 19.9 Å². The van der Waals surface area contributed by atoms with E-state index in [4.69, 9.17) is 16.6 Å². The van der Waals surface area contributed by atoms with E-state index in [0.717, 1.165) is 0 Å². The Bertz CT molecular complexity index is 1430. The molecule has 3 aromatic heterocycles. The first-order valence-electron chi connectivity index (χ1n) is 9.30. The number of imidazole rings is 1. The van der Waals surface area contributed by atoms with Crippen LogP contribution in [0.1, 0.15) is 18.8 Å². The van der Waals surface area contributed by atoms with Gasteiger partial charge in [-0.05, 0) is 31.2 Å². The van der Waals surface area contributed by atoms with E-state index in [2.05, 4.69) is 25.3 Å². The zero-order valence-electron chi connectivity index (χ0n) is 15.9. The third-order valence-corrected chi connectivity index (χ3v) is 5.17. The van der Waals surface area contributed by atoms with Crippen LogP contribution in [0.15, 0.2) is 66.0 Å². The summed E-state index contributed by atoms with van der Waals surface area (Å²) in [6, 6.07) is 14.3. The number of H-pyrrole nitrogens is 1. The number of aromatic nitrogens is 6. The summed E-state index contributed by atoms with van der Waals surface area (Å²) in [7, 11) is 0. The maximum absolute atomic E-state index is 13.5. The summed E-state index contributed by atoms with van der Waals surface area (Å²) in [6.07, 6.45) is 3.00. The van der Waals surface area contributed by atoms with Crippen molar-refractivity contribution in [3.63, 3.8) is 0 Å². The van der Waals surface area contributed by atoms with Crippen LogP contribution in [0.2, 0.25) is 5.02 Å². The van der Waals surface area contributed by atoms with Gasteiger partial charge in [0.05, 0.1) is 34.0 Å². The Kier molecular flexibility index (Phi) is 4.40. The van der Waals surface area contributed by atoms with Crippen molar-refractivity contribution in [2.24, 2.45) is 0 Å². The van der Waals surface area contributed by atoms with E-state index < -0.39 is 0 Å². The molecule has 0 aliphatic rings. The summed E-state index contributed by atoms with van der Waals surface area (Å²) in [5.74, 6) is 1.11. The smallest absolute Gasteiger partial charge is 0.267 e. The molecule has 30 heavy (non-hydrogen) atoms. The highest BCUT2D eigenvalue weighted by atomic mass is 35.5. The number of fused-ring (bicyclic) bond motifs is 2. The zero-order chi connectivity index (χ0) is 20.7. The Morgan fingerprint density at radius 2 is 1.90 bits per heavy atom. The van der Waals surface area contributed by atoms with E-state index in [0.29, 0.717) is 44.4 Å². The molecule has 9 heteroatoms. The Balaban J connectivity index is 1.71. The van der Waals surface area contributed by atoms with Crippen molar-refractivity contribution in [1.82, 2.24) is 29.5 Å². The van der Waals surface area contributed by atoms with Crippen LogP contribution >= 0.6 is 11.6 Å². The van der Waals surface area contributed by atoms with Crippen molar-refractivity contribution < 1.29 is 0 Å². The van der Waals surface area contributed by atoms with Gasteiger partial charge in [-0.2, -0.15) is 0 Å². The molecule has 0 aliphatic heterocycles. The number of para-hydroxylation sites is 1. The van der Waals surface area contributed by atoms with Gasteiger partial charge in [-0.15, -0.1) is 0 Å². The molecule has 0 spiro atoms. The first-order chi connectivity index (χ1) is 14.6. The molecule has 5 rings (SSSR count). The summed E-state index contributed by atoms with van der Waals surface area (Å²) < 4.78 is 1.58. The van der Waals surface area contributed by atoms with Gasteiger partial charge in [0.1, 0.15) is 17.7 Å². The molecule has 0 saturated heterocycles. The second-order valence-electron chi connectivity index (χ2n) is 6.77. The SMILES string of the molecule is CC(Nc1ncnc2nc[nH]c12)c1nc2cccc(Cl)c2c(=O)n1-c1ccccc1. The number of aromatic amines is 1. The zero-order valence-corrected chi connectivity index (χ0v) is 16.6. The van der Waals surface area contributed by atoms with Crippen LogP contribution < -0.4 is 10.9 Å². The number of hydrogen-bond donors (Lipinski definition) is 2. The Morgan fingerprint density at radius 1 is 1.07 bits per heavy atom. The standard InChI is InChI=1S/C21H16ClN7O/c1-12(27-19-17-18(24-10-23-17)25-11-26-19)20-28-15-9-5-8-14(22)16(15)21(30)29(20)13-6-3-2-4-7-13/h2-12H,1H3,(H2,23,24,25,26,27). The first-order valence-corrected chi connectivity index (χ1v) is 9.68. The van der Waals surface area contributed by atoms with Crippen LogP contribution in [-0.2, 0) is 0 Å². The number of nitrogens with one attached hydrogen (secondary N) is 2. The largest absolute Gasteiger partial charge is 0.358 e. The van der Waals surface area contributed by atoms with Gasteiger partial charge in [0.15, 0.2) is 11.5 Å². The average molecular weight is 418 g/mol. The summed E-state index contributed by atoms with van der Waals surface area (Å²) >= 11 is 6.34. The summed E-state index contributed by atoms with van der Waals surface area (Å²) in [5.41, 5.74) is 2.25. The molecule has 5 aromatic rings. The van der Waals surface area contributed by atoms with Crippen LogP contribution in [0.3, 0.4) is 0 Å². The Morgan fingerprint density at radius 3 is 2.73 bits per heavy atom. The third kappa shape index (κ3) is 2.98. The fourth-order valence-electron chi connectivity index (χ4n) is 3.47. The molecule has 0 amide bonds.